The molecule has 0 aromatic carbocycles. The zero-order valence-corrected chi connectivity index (χ0v) is 12.4. The molecule has 2 aliphatic rings. The second-order valence-electron chi connectivity index (χ2n) is 6.32. The molecule has 0 aromatic heterocycles. The highest BCUT2D eigenvalue weighted by Crippen LogP contribution is 2.35. The molecule has 1 aliphatic heterocycles. The van der Waals surface area contributed by atoms with Crippen molar-refractivity contribution in [2.45, 2.75) is 51.9 Å². The van der Waals surface area contributed by atoms with E-state index >= 15 is 0 Å². The number of aliphatic carboxylic acids is 1. The van der Waals surface area contributed by atoms with Crippen molar-refractivity contribution >= 4 is 12.0 Å². The first-order valence-electron chi connectivity index (χ1n) is 7.83. The van der Waals surface area contributed by atoms with Crippen molar-refractivity contribution in [1.29, 1.82) is 0 Å². The van der Waals surface area contributed by atoms with Gasteiger partial charge in [-0.3, -0.25) is 4.79 Å². The maximum atomic E-state index is 12.1. The number of carboxylic acid groups (broad SMARTS) is 1. The molecular formula is C15H26N2O3. The minimum absolute atomic E-state index is 0.0939. The van der Waals surface area contributed by atoms with Crippen LogP contribution in [-0.2, 0) is 4.79 Å². The van der Waals surface area contributed by atoms with Gasteiger partial charge in [-0.05, 0) is 25.2 Å². The van der Waals surface area contributed by atoms with Crippen LogP contribution in [0.2, 0.25) is 0 Å². The number of amides is 2. The molecule has 1 atom stereocenters. The maximum Gasteiger partial charge on any atom is 0.317 e. The monoisotopic (exact) mass is 282 g/mol. The largest absolute Gasteiger partial charge is 0.481 e. The normalized spacial score (nSPS) is 26.4. The zero-order chi connectivity index (χ0) is 14.6. The van der Waals surface area contributed by atoms with Crippen LogP contribution in [0.15, 0.2) is 0 Å². The van der Waals surface area contributed by atoms with Crippen LogP contribution in [0.5, 0.6) is 0 Å². The van der Waals surface area contributed by atoms with Gasteiger partial charge in [0.05, 0.1) is 5.41 Å². The van der Waals surface area contributed by atoms with Crippen LogP contribution in [0.25, 0.3) is 0 Å². The van der Waals surface area contributed by atoms with E-state index in [1.54, 1.807) is 4.90 Å². The molecule has 0 spiro atoms. The second kappa shape index (κ2) is 6.46. The number of hydrogen-bond donors (Lipinski definition) is 2. The highest BCUT2D eigenvalue weighted by Gasteiger charge is 2.45. The summed E-state index contributed by atoms with van der Waals surface area (Å²) in [6.45, 7) is 3.62. The summed E-state index contributed by atoms with van der Waals surface area (Å²) < 4.78 is 0. The van der Waals surface area contributed by atoms with Crippen LogP contribution in [-0.4, -0.2) is 41.6 Å². The second-order valence-corrected chi connectivity index (χ2v) is 6.32. The van der Waals surface area contributed by atoms with E-state index in [4.69, 9.17) is 0 Å². The lowest BCUT2D eigenvalue weighted by Crippen LogP contribution is -2.42. The number of urea groups is 1. The van der Waals surface area contributed by atoms with Gasteiger partial charge in [0.15, 0.2) is 0 Å². The number of hydrogen-bond acceptors (Lipinski definition) is 2. The van der Waals surface area contributed by atoms with Crippen LogP contribution in [0.3, 0.4) is 0 Å². The molecule has 2 N–H and O–H groups in total. The van der Waals surface area contributed by atoms with Crippen LogP contribution in [0, 0.1) is 11.3 Å². The van der Waals surface area contributed by atoms with E-state index in [2.05, 4.69) is 5.32 Å². The highest BCUT2D eigenvalue weighted by atomic mass is 16.4. The molecule has 5 heteroatoms. The molecule has 2 fully saturated rings. The molecule has 1 aliphatic carbocycles. The summed E-state index contributed by atoms with van der Waals surface area (Å²) in [5, 5.41) is 12.4. The third-order valence-electron chi connectivity index (χ3n) is 4.88. The Morgan fingerprint density at radius 2 is 2.15 bits per heavy atom. The van der Waals surface area contributed by atoms with Gasteiger partial charge in [0.1, 0.15) is 0 Å². The number of rotatable bonds is 6. The number of carbonyl (C=O) groups excluding carboxylic acids is 1. The standard InChI is InChI=1S/C15H26N2O3/c1-2-7-15(13(18)19)8-10-17(11-15)14(20)16-9-6-12-4-3-5-12/h12H,2-11H2,1H3,(H,16,20)(H,18,19). The molecule has 5 nitrogen and oxygen atoms in total. The molecule has 2 rings (SSSR count). The van der Waals surface area contributed by atoms with Crippen LogP contribution in [0.1, 0.15) is 51.9 Å². The Balaban J connectivity index is 1.78. The average Bonchev–Trinajstić information content (AvgIpc) is 2.78. The quantitative estimate of drug-likeness (QED) is 0.786. The minimum Gasteiger partial charge on any atom is -0.481 e. The lowest BCUT2D eigenvalue weighted by molar-refractivity contribution is -0.148. The van der Waals surface area contributed by atoms with Gasteiger partial charge in [0, 0.05) is 19.6 Å². The van der Waals surface area contributed by atoms with Gasteiger partial charge in [-0.2, -0.15) is 0 Å². The molecule has 20 heavy (non-hydrogen) atoms. The number of nitrogens with one attached hydrogen (secondary N) is 1. The van der Waals surface area contributed by atoms with E-state index in [1.165, 1.54) is 19.3 Å². The van der Waals surface area contributed by atoms with E-state index < -0.39 is 11.4 Å². The van der Waals surface area contributed by atoms with Crippen LogP contribution in [0.4, 0.5) is 4.79 Å². The SMILES string of the molecule is CCCC1(C(=O)O)CCN(C(=O)NCCC2CCC2)C1. The van der Waals surface area contributed by atoms with Gasteiger partial charge in [0.25, 0.3) is 0 Å². The van der Waals surface area contributed by atoms with Crippen molar-refractivity contribution in [3.8, 4) is 0 Å². The fourth-order valence-corrected chi connectivity index (χ4v) is 3.29. The van der Waals surface area contributed by atoms with Crippen molar-refractivity contribution in [2.24, 2.45) is 11.3 Å². The van der Waals surface area contributed by atoms with Gasteiger partial charge >= 0.3 is 12.0 Å². The minimum atomic E-state index is -0.760. The smallest absolute Gasteiger partial charge is 0.317 e. The summed E-state index contributed by atoms with van der Waals surface area (Å²) in [4.78, 5) is 25.2. The Labute approximate surface area is 120 Å². The first-order valence-corrected chi connectivity index (χ1v) is 7.83. The predicted octanol–water partition coefficient (Wildman–Crippen LogP) is 2.46. The Bertz CT molecular complexity index is 368. The number of carbonyl (C=O) groups is 2. The Morgan fingerprint density at radius 1 is 1.40 bits per heavy atom. The summed E-state index contributed by atoms with van der Waals surface area (Å²) in [6, 6.07) is -0.0939. The summed E-state index contributed by atoms with van der Waals surface area (Å²) in [6.07, 6.45) is 7.02. The summed E-state index contributed by atoms with van der Waals surface area (Å²) >= 11 is 0. The molecule has 0 bridgehead atoms. The lowest BCUT2D eigenvalue weighted by Gasteiger charge is -2.26. The van der Waals surface area contributed by atoms with Gasteiger partial charge in [-0.15, -0.1) is 0 Å². The van der Waals surface area contributed by atoms with Crippen molar-refractivity contribution < 1.29 is 14.7 Å². The lowest BCUT2D eigenvalue weighted by atomic mass is 9.83. The van der Waals surface area contributed by atoms with Crippen molar-refractivity contribution in [3.05, 3.63) is 0 Å². The van der Waals surface area contributed by atoms with Crippen molar-refractivity contribution in [3.63, 3.8) is 0 Å². The van der Waals surface area contributed by atoms with Crippen molar-refractivity contribution in [2.75, 3.05) is 19.6 Å². The van der Waals surface area contributed by atoms with Crippen molar-refractivity contribution in [1.82, 2.24) is 10.2 Å². The zero-order valence-electron chi connectivity index (χ0n) is 12.4. The van der Waals surface area contributed by atoms with E-state index in [1.807, 2.05) is 6.92 Å². The Morgan fingerprint density at radius 3 is 2.70 bits per heavy atom. The van der Waals surface area contributed by atoms with Gasteiger partial charge in [0.2, 0.25) is 0 Å². The van der Waals surface area contributed by atoms with E-state index in [-0.39, 0.29) is 6.03 Å². The third-order valence-corrected chi connectivity index (χ3v) is 4.88. The molecule has 0 aromatic rings. The summed E-state index contributed by atoms with van der Waals surface area (Å²) in [5.74, 6) is 0.0243. The topological polar surface area (TPSA) is 69.6 Å². The summed E-state index contributed by atoms with van der Waals surface area (Å²) in [5.41, 5.74) is -0.722. The van der Waals surface area contributed by atoms with Gasteiger partial charge in [-0.25, -0.2) is 4.79 Å². The molecule has 1 unspecified atom stereocenters. The van der Waals surface area contributed by atoms with Gasteiger partial charge in [-0.1, -0.05) is 32.6 Å². The van der Waals surface area contributed by atoms with E-state index in [9.17, 15) is 14.7 Å². The first-order chi connectivity index (χ1) is 9.57. The first kappa shape index (κ1) is 15.1. The Kier molecular flexibility index (Phi) is 4.89. The number of nitrogens with zero attached hydrogens (tertiary/aromatic N) is 1. The molecule has 1 saturated heterocycles. The van der Waals surface area contributed by atoms with E-state index in [0.29, 0.717) is 32.5 Å². The van der Waals surface area contributed by atoms with Crippen LogP contribution >= 0.6 is 0 Å². The molecular weight excluding hydrogens is 256 g/mol. The molecule has 1 heterocycles. The fraction of sp³-hybridized carbons (Fsp3) is 0.867. The molecule has 1 saturated carbocycles. The average molecular weight is 282 g/mol. The van der Waals surface area contributed by atoms with E-state index in [0.717, 1.165) is 18.8 Å². The number of carboxylic acids is 1. The number of likely N-dealkylation sites (tertiary alicyclic amines) is 1. The predicted molar refractivity (Wildman–Crippen MR) is 76.5 cm³/mol. The molecule has 2 amide bonds. The highest BCUT2D eigenvalue weighted by molar-refractivity contribution is 5.79. The third kappa shape index (κ3) is 3.25. The maximum absolute atomic E-state index is 12.1. The summed E-state index contributed by atoms with van der Waals surface area (Å²) in [7, 11) is 0. The fourth-order valence-electron chi connectivity index (χ4n) is 3.29. The van der Waals surface area contributed by atoms with Gasteiger partial charge < -0.3 is 15.3 Å². The van der Waals surface area contributed by atoms with Crippen LogP contribution < -0.4 is 5.32 Å². The Hall–Kier alpha value is -1.26. The molecule has 0 radical (unpaired) electrons. The molecule has 114 valence electrons.